The second kappa shape index (κ2) is 7.07. The largest absolute Gasteiger partial charge is 0.478 e. The van der Waals surface area contributed by atoms with Crippen LogP contribution in [0.3, 0.4) is 0 Å². The van der Waals surface area contributed by atoms with Gasteiger partial charge in [-0.2, -0.15) is 5.26 Å². The molecular formula is C17H12N4O3S. The van der Waals surface area contributed by atoms with Crippen LogP contribution in [0.25, 0.3) is 11.0 Å². The fourth-order valence-corrected chi connectivity index (χ4v) is 2.83. The minimum atomic E-state index is -1.01. The minimum absolute atomic E-state index is 0.144. The number of imidazole rings is 1. The van der Waals surface area contributed by atoms with Gasteiger partial charge in [-0.15, -0.1) is 0 Å². The molecule has 1 heterocycles. The molecule has 0 fully saturated rings. The lowest BCUT2D eigenvalue weighted by Gasteiger charge is -2.03. The monoisotopic (exact) mass is 352 g/mol. The molecule has 0 aliphatic rings. The van der Waals surface area contributed by atoms with Crippen LogP contribution in [0.2, 0.25) is 0 Å². The normalized spacial score (nSPS) is 10.4. The topological polar surface area (TPSA) is 119 Å². The predicted molar refractivity (Wildman–Crippen MR) is 93.6 cm³/mol. The summed E-state index contributed by atoms with van der Waals surface area (Å²) >= 11 is 1.22. The predicted octanol–water partition coefficient (Wildman–Crippen LogP) is 2.86. The van der Waals surface area contributed by atoms with E-state index < -0.39 is 5.97 Å². The Morgan fingerprint density at radius 2 is 2.00 bits per heavy atom. The molecule has 25 heavy (non-hydrogen) atoms. The van der Waals surface area contributed by atoms with Gasteiger partial charge in [0.2, 0.25) is 5.91 Å². The third-order valence-corrected chi connectivity index (χ3v) is 4.22. The summed E-state index contributed by atoms with van der Waals surface area (Å²) in [5.74, 6) is -1.08. The third-order valence-electron chi connectivity index (χ3n) is 3.35. The van der Waals surface area contributed by atoms with Gasteiger partial charge in [-0.05, 0) is 42.5 Å². The van der Waals surface area contributed by atoms with Crippen molar-refractivity contribution in [2.45, 2.75) is 5.16 Å². The summed E-state index contributed by atoms with van der Waals surface area (Å²) in [5.41, 5.74) is 2.54. The summed E-state index contributed by atoms with van der Waals surface area (Å²) in [5, 5.41) is 21.0. The lowest BCUT2D eigenvalue weighted by molar-refractivity contribution is -0.113. The molecule has 8 heteroatoms. The number of anilines is 1. The summed E-state index contributed by atoms with van der Waals surface area (Å²) in [6.45, 7) is 0. The number of nitrogens with one attached hydrogen (secondary N) is 2. The summed E-state index contributed by atoms with van der Waals surface area (Å²) < 4.78 is 0. The Morgan fingerprint density at radius 3 is 2.68 bits per heavy atom. The lowest BCUT2D eigenvalue weighted by Crippen LogP contribution is -2.14. The molecule has 0 spiro atoms. The van der Waals surface area contributed by atoms with Crippen molar-refractivity contribution >= 4 is 40.4 Å². The van der Waals surface area contributed by atoms with Gasteiger partial charge in [-0.3, -0.25) is 4.79 Å². The summed E-state index contributed by atoms with van der Waals surface area (Å²) in [7, 11) is 0. The van der Waals surface area contributed by atoms with Gasteiger partial charge in [0.25, 0.3) is 0 Å². The maximum atomic E-state index is 12.0. The van der Waals surface area contributed by atoms with Gasteiger partial charge >= 0.3 is 5.97 Å². The van der Waals surface area contributed by atoms with Gasteiger partial charge in [0, 0.05) is 5.69 Å². The zero-order chi connectivity index (χ0) is 17.8. The molecule has 3 rings (SSSR count). The van der Waals surface area contributed by atoms with E-state index in [2.05, 4.69) is 15.3 Å². The number of rotatable bonds is 5. The van der Waals surface area contributed by atoms with Gasteiger partial charge < -0.3 is 15.4 Å². The number of carboxylic acid groups (broad SMARTS) is 1. The van der Waals surface area contributed by atoms with E-state index in [0.717, 1.165) is 0 Å². The van der Waals surface area contributed by atoms with Crippen LogP contribution in [-0.2, 0) is 4.79 Å². The number of thioether (sulfide) groups is 1. The maximum absolute atomic E-state index is 12.0. The van der Waals surface area contributed by atoms with Crippen molar-refractivity contribution in [3.05, 3.63) is 53.6 Å². The molecule has 7 nitrogen and oxygen atoms in total. The minimum Gasteiger partial charge on any atom is -0.478 e. The van der Waals surface area contributed by atoms with Crippen molar-refractivity contribution in [1.82, 2.24) is 9.97 Å². The van der Waals surface area contributed by atoms with Crippen LogP contribution in [0.15, 0.2) is 47.6 Å². The fraction of sp³-hybridized carbons (Fsp3) is 0.0588. The van der Waals surface area contributed by atoms with Crippen LogP contribution in [0, 0.1) is 11.3 Å². The lowest BCUT2D eigenvalue weighted by atomic mass is 10.2. The van der Waals surface area contributed by atoms with Gasteiger partial charge in [-0.25, -0.2) is 9.78 Å². The molecule has 3 aromatic rings. The summed E-state index contributed by atoms with van der Waals surface area (Å²) in [4.78, 5) is 30.3. The first kappa shape index (κ1) is 16.5. The molecule has 1 aromatic heterocycles. The van der Waals surface area contributed by atoms with Crippen LogP contribution in [-0.4, -0.2) is 32.7 Å². The quantitative estimate of drug-likeness (QED) is 0.608. The van der Waals surface area contributed by atoms with E-state index in [-0.39, 0.29) is 17.2 Å². The Hall–Kier alpha value is -3.31. The van der Waals surface area contributed by atoms with Crippen LogP contribution >= 0.6 is 11.8 Å². The van der Waals surface area contributed by atoms with Gasteiger partial charge in [0.05, 0.1) is 34.0 Å². The number of amides is 1. The van der Waals surface area contributed by atoms with E-state index >= 15 is 0 Å². The van der Waals surface area contributed by atoms with Gasteiger partial charge in [-0.1, -0.05) is 11.8 Å². The molecule has 0 saturated carbocycles. The Bertz CT molecular complexity index is 989. The molecular weight excluding hydrogens is 340 g/mol. The van der Waals surface area contributed by atoms with E-state index in [1.54, 1.807) is 30.3 Å². The van der Waals surface area contributed by atoms with Gasteiger partial charge in [0.1, 0.15) is 0 Å². The van der Waals surface area contributed by atoms with E-state index in [1.807, 2.05) is 6.07 Å². The Labute approximate surface area is 146 Å². The first-order chi connectivity index (χ1) is 12.0. The Morgan fingerprint density at radius 1 is 1.24 bits per heavy atom. The average molecular weight is 352 g/mol. The van der Waals surface area contributed by atoms with E-state index in [4.69, 9.17) is 10.4 Å². The second-order valence-corrected chi connectivity index (χ2v) is 6.07. The van der Waals surface area contributed by atoms with Crippen molar-refractivity contribution in [3.63, 3.8) is 0 Å². The molecule has 3 N–H and O–H groups in total. The maximum Gasteiger partial charge on any atom is 0.335 e. The van der Waals surface area contributed by atoms with Crippen molar-refractivity contribution < 1.29 is 14.7 Å². The summed E-state index contributed by atoms with van der Waals surface area (Å²) in [6, 6.07) is 13.2. The van der Waals surface area contributed by atoms with Crippen LogP contribution in [0.1, 0.15) is 15.9 Å². The smallest absolute Gasteiger partial charge is 0.335 e. The number of nitriles is 1. The Kier molecular flexibility index (Phi) is 4.68. The average Bonchev–Trinajstić information content (AvgIpc) is 3.02. The van der Waals surface area contributed by atoms with Crippen LogP contribution in [0.4, 0.5) is 5.69 Å². The zero-order valence-corrected chi connectivity index (χ0v) is 13.6. The first-order valence-corrected chi connectivity index (χ1v) is 8.19. The van der Waals surface area contributed by atoms with Crippen molar-refractivity contribution in [3.8, 4) is 6.07 Å². The fourth-order valence-electron chi connectivity index (χ4n) is 2.14. The molecule has 0 atom stereocenters. The van der Waals surface area contributed by atoms with E-state index in [9.17, 15) is 9.59 Å². The zero-order valence-electron chi connectivity index (χ0n) is 12.8. The number of hydrogen-bond donors (Lipinski definition) is 3. The summed E-state index contributed by atoms with van der Waals surface area (Å²) in [6.07, 6.45) is 0. The van der Waals surface area contributed by atoms with E-state index in [0.29, 0.717) is 27.4 Å². The molecule has 0 aliphatic carbocycles. The number of aromatic amines is 1. The number of aromatic nitrogens is 2. The number of hydrogen-bond acceptors (Lipinski definition) is 5. The number of aromatic carboxylic acids is 1. The molecule has 0 radical (unpaired) electrons. The van der Waals surface area contributed by atoms with Crippen molar-refractivity contribution in [2.75, 3.05) is 11.1 Å². The third kappa shape index (κ3) is 3.97. The molecule has 0 unspecified atom stereocenters. The van der Waals surface area contributed by atoms with Crippen molar-refractivity contribution in [1.29, 1.82) is 5.26 Å². The molecule has 124 valence electrons. The highest BCUT2D eigenvalue weighted by Gasteiger charge is 2.10. The number of carbonyl (C=O) groups excluding carboxylic acids is 1. The molecule has 0 bridgehead atoms. The van der Waals surface area contributed by atoms with Crippen LogP contribution < -0.4 is 5.32 Å². The molecule has 2 aromatic carbocycles. The van der Waals surface area contributed by atoms with E-state index in [1.165, 1.54) is 23.9 Å². The standard InChI is InChI=1S/C17H12N4O3S/c18-8-10-1-4-12(5-2-10)19-15(22)9-25-17-20-13-6-3-11(16(23)24)7-14(13)21-17/h1-7H,9H2,(H,19,22)(H,20,21)(H,23,24). The number of benzene rings is 2. The van der Waals surface area contributed by atoms with Crippen molar-refractivity contribution in [2.24, 2.45) is 0 Å². The number of H-pyrrole nitrogens is 1. The number of carboxylic acids is 1. The molecule has 0 aliphatic heterocycles. The molecule has 1 amide bonds. The number of nitrogens with zero attached hydrogens (tertiary/aromatic N) is 2. The van der Waals surface area contributed by atoms with Gasteiger partial charge in [0.15, 0.2) is 5.16 Å². The highest BCUT2D eigenvalue weighted by molar-refractivity contribution is 7.99. The van der Waals surface area contributed by atoms with Crippen LogP contribution in [0.5, 0.6) is 0 Å². The number of fused-ring (bicyclic) bond motifs is 1. The Balaban J connectivity index is 1.62. The highest BCUT2D eigenvalue weighted by Crippen LogP contribution is 2.21. The number of carbonyl (C=O) groups is 2. The molecule has 0 saturated heterocycles. The SMILES string of the molecule is N#Cc1ccc(NC(=O)CSc2nc3cc(C(=O)O)ccc3[nH]2)cc1. The first-order valence-electron chi connectivity index (χ1n) is 7.21. The second-order valence-electron chi connectivity index (χ2n) is 5.11. The highest BCUT2D eigenvalue weighted by atomic mass is 32.2.